The molecule has 0 radical (unpaired) electrons. The summed E-state index contributed by atoms with van der Waals surface area (Å²) >= 11 is 0. The van der Waals surface area contributed by atoms with Crippen molar-refractivity contribution in [2.75, 3.05) is 33.5 Å². The van der Waals surface area contributed by atoms with Crippen LogP contribution in [0.25, 0.3) is 17.0 Å². The maximum atomic E-state index is 12.6. The Balaban J connectivity index is 1.39. The maximum Gasteiger partial charge on any atom is 0.251 e. The molecule has 0 spiro atoms. The first-order valence-corrected chi connectivity index (χ1v) is 11.3. The van der Waals surface area contributed by atoms with E-state index in [1.54, 1.807) is 42.0 Å². The van der Waals surface area contributed by atoms with E-state index in [-0.39, 0.29) is 19.1 Å². The molecule has 182 valence electrons. The molecular weight excluding hydrogens is 450 g/mol. The number of benzene rings is 2. The van der Waals surface area contributed by atoms with Crippen LogP contribution in [-0.2, 0) is 0 Å². The number of nitrogens with zero attached hydrogens (tertiary/aromatic N) is 4. The van der Waals surface area contributed by atoms with E-state index in [0.717, 1.165) is 5.56 Å². The number of rotatable bonds is 11. The molecule has 0 saturated carbocycles. The van der Waals surface area contributed by atoms with Gasteiger partial charge in [-0.25, -0.2) is 0 Å². The Hall–Kier alpha value is -4.34. The van der Waals surface area contributed by atoms with E-state index in [2.05, 4.69) is 20.6 Å². The van der Waals surface area contributed by atoms with Crippen LogP contribution in [0.1, 0.15) is 24.2 Å². The number of carbonyl (C=O) groups is 1. The van der Waals surface area contributed by atoms with Crippen LogP contribution in [0.4, 0.5) is 0 Å². The zero-order valence-corrected chi connectivity index (χ0v) is 19.9. The third kappa shape index (κ3) is 5.43. The summed E-state index contributed by atoms with van der Waals surface area (Å²) in [6.45, 7) is 5.28. The molecule has 1 N–H and O–H groups in total. The SMILES string of the molecule is CCOc1ccc(C(=O)NCCOc2ccc3nnc(-c4ccccc4OC)n3n2)cc1OCC. The first-order valence-electron chi connectivity index (χ1n) is 11.3. The number of fused-ring (bicyclic) bond motifs is 1. The quantitative estimate of drug-likeness (QED) is 0.328. The second-order valence-corrected chi connectivity index (χ2v) is 7.30. The van der Waals surface area contributed by atoms with Crippen LogP contribution in [0.3, 0.4) is 0 Å². The number of methoxy groups -OCH3 is 1. The van der Waals surface area contributed by atoms with Crippen molar-refractivity contribution < 1.29 is 23.7 Å². The highest BCUT2D eigenvalue weighted by Crippen LogP contribution is 2.29. The lowest BCUT2D eigenvalue weighted by molar-refractivity contribution is 0.0946. The molecule has 0 aliphatic heterocycles. The second kappa shape index (κ2) is 11.2. The van der Waals surface area contributed by atoms with Gasteiger partial charge >= 0.3 is 0 Å². The molecule has 10 nitrogen and oxygen atoms in total. The molecule has 2 aromatic carbocycles. The first kappa shape index (κ1) is 23.8. The summed E-state index contributed by atoms with van der Waals surface area (Å²) in [4.78, 5) is 12.6. The Labute approximate surface area is 202 Å². The van der Waals surface area contributed by atoms with Crippen LogP contribution in [0.15, 0.2) is 54.6 Å². The standard InChI is InChI=1S/C25H27N5O5/c1-4-33-20-11-10-17(16-21(20)34-5-2)25(31)26-14-15-35-23-13-12-22-27-28-24(30(22)29-23)18-8-6-7-9-19(18)32-3/h6-13,16H,4-5,14-15H2,1-3H3,(H,26,31). The van der Waals surface area contributed by atoms with Gasteiger partial charge in [0.25, 0.3) is 5.91 Å². The van der Waals surface area contributed by atoms with E-state index in [4.69, 9.17) is 18.9 Å². The number of carbonyl (C=O) groups excluding carboxylic acids is 1. The van der Waals surface area contributed by atoms with E-state index in [9.17, 15) is 4.79 Å². The van der Waals surface area contributed by atoms with Crippen molar-refractivity contribution in [3.63, 3.8) is 0 Å². The summed E-state index contributed by atoms with van der Waals surface area (Å²) in [5.41, 5.74) is 1.82. The molecule has 1 amide bonds. The van der Waals surface area contributed by atoms with E-state index in [0.29, 0.717) is 53.4 Å². The first-order chi connectivity index (χ1) is 17.1. The molecule has 4 aromatic rings. The number of amides is 1. The van der Waals surface area contributed by atoms with Crippen molar-refractivity contribution in [1.82, 2.24) is 25.1 Å². The average molecular weight is 478 g/mol. The Bertz CT molecular complexity index is 1310. The Kier molecular flexibility index (Phi) is 7.61. The number of ether oxygens (including phenoxy) is 4. The number of nitrogens with one attached hydrogen (secondary N) is 1. The lowest BCUT2D eigenvalue weighted by Crippen LogP contribution is -2.28. The van der Waals surface area contributed by atoms with E-state index in [1.807, 2.05) is 38.1 Å². The molecule has 4 rings (SSSR count). The Morgan fingerprint density at radius 2 is 1.71 bits per heavy atom. The number of aromatic nitrogens is 4. The van der Waals surface area contributed by atoms with Crippen molar-refractivity contribution in [1.29, 1.82) is 0 Å². The smallest absolute Gasteiger partial charge is 0.251 e. The minimum absolute atomic E-state index is 0.228. The summed E-state index contributed by atoms with van der Waals surface area (Å²) in [7, 11) is 1.60. The predicted octanol–water partition coefficient (Wildman–Crippen LogP) is 3.41. The third-order valence-electron chi connectivity index (χ3n) is 5.03. The fourth-order valence-corrected chi connectivity index (χ4v) is 3.46. The van der Waals surface area contributed by atoms with Crippen LogP contribution < -0.4 is 24.3 Å². The van der Waals surface area contributed by atoms with Crippen LogP contribution in [0.5, 0.6) is 23.1 Å². The van der Waals surface area contributed by atoms with E-state index >= 15 is 0 Å². The van der Waals surface area contributed by atoms with Gasteiger partial charge in [-0.2, -0.15) is 4.52 Å². The molecule has 0 fully saturated rings. The average Bonchev–Trinajstić information content (AvgIpc) is 3.31. The molecular formula is C25H27N5O5. The monoisotopic (exact) mass is 477 g/mol. The largest absolute Gasteiger partial charge is 0.496 e. The van der Waals surface area contributed by atoms with Gasteiger partial charge in [0.1, 0.15) is 12.4 Å². The van der Waals surface area contributed by atoms with E-state index < -0.39 is 0 Å². The van der Waals surface area contributed by atoms with Crippen molar-refractivity contribution in [3.05, 3.63) is 60.2 Å². The van der Waals surface area contributed by atoms with Crippen LogP contribution in [0.2, 0.25) is 0 Å². The Morgan fingerprint density at radius 3 is 2.51 bits per heavy atom. The van der Waals surface area contributed by atoms with Gasteiger partial charge in [-0.05, 0) is 50.2 Å². The highest BCUT2D eigenvalue weighted by Gasteiger charge is 2.15. The van der Waals surface area contributed by atoms with Crippen molar-refractivity contribution >= 4 is 11.6 Å². The zero-order chi connectivity index (χ0) is 24.6. The molecule has 0 unspecified atom stereocenters. The molecule has 0 saturated heterocycles. The van der Waals surface area contributed by atoms with Crippen molar-refractivity contribution in [3.8, 4) is 34.5 Å². The molecule has 2 aromatic heterocycles. The number of hydrogen-bond donors (Lipinski definition) is 1. The summed E-state index contributed by atoms with van der Waals surface area (Å²) in [5.74, 6) is 2.49. The highest BCUT2D eigenvalue weighted by molar-refractivity contribution is 5.94. The summed E-state index contributed by atoms with van der Waals surface area (Å²) in [6.07, 6.45) is 0. The van der Waals surface area contributed by atoms with Gasteiger partial charge in [0.2, 0.25) is 5.88 Å². The minimum atomic E-state index is -0.238. The lowest BCUT2D eigenvalue weighted by Gasteiger charge is -2.12. The van der Waals surface area contributed by atoms with Gasteiger partial charge < -0.3 is 24.3 Å². The van der Waals surface area contributed by atoms with Gasteiger partial charge in [0.15, 0.2) is 23.0 Å². The van der Waals surface area contributed by atoms with Gasteiger partial charge in [-0.3, -0.25) is 4.79 Å². The molecule has 2 heterocycles. The lowest BCUT2D eigenvalue weighted by atomic mass is 10.2. The molecule has 10 heteroatoms. The van der Waals surface area contributed by atoms with E-state index in [1.165, 1.54) is 0 Å². The number of para-hydroxylation sites is 1. The van der Waals surface area contributed by atoms with Crippen molar-refractivity contribution in [2.24, 2.45) is 0 Å². The fourth-order valence-electron chi connectivity index (χ4n) is 3.46. The normalized spacial score (nSPS) is 10.7. The van der Waals surface area contributed by atoms with Gasteiger partial charge in [0.05, 0.1) is 32.4 Å². The van der Waals surface area contributed by atoms with Crippen LogP contribution >= 0.6 is 0 Å². The van der Waals surface area contributed by atoms with Crippen LogP contribution in [-0.4, -0.2) is 59.2 Å². The summed E-state index contributed by atoms with van der Waals surface area (Å²) in [5, 5.41) is 15.7. The second-order valence-electron chi connectivity index (χ2n) is 7.30. The molecule has 0 aliphatic rings. The topological polar surface area (TPSA) is 109 Å². The maximum absolute atomic E-state index is 12.6. The molecule has 35 heavy (non-hydrogen) atoms. The predicted molar refractivity (Wildman–Crippen MR) is 129 cm³/mol. The molecule has 0 aliphatic carbocycles. The van der Waals surface area contributed by atoms with Gasteiger partial charge in [-0.1, -0.05) is 12.1 Å². The highest BCUT2D eigenvalue weighted by atomic mass is 16.5. The fraction of sp³-hybridized carbons (Fsp3) is 0.280. The van der Waals surface area contributed by atoms with Crippen molar-refractivity contribution in [2.45, 2.75) is 13.8 Å². The molecule has 0 bridgehead atoms. The number of hydrogen-bond acceptors (Lipinski definition) is 8. The third-order valence-corrected chi connectivity index (χ3v) is 5.03. The Morgan fingerprint density at radius 1 is 0.914 bits per heavy atom. The van der Waals surface area contributed by atoms with Gasteiger partial charge in [-0.15, -0.1) is 15.3 Å². The summed E-state index contributed by atoms with van der Waals surface area (Å²) in [6, 6.07) is 16.1. The summed E-state index contributed by atoms with van der Waals surface area (Å²) < 4.78 is 23.9. The van der Waals surface area contributed by atoms with Gasteiger partial charge in [0, 0.05) is 11.6 Å². The minimum Gasteiger partial charge on any atom is -0.496 e. The van der Waals surface area contributed by atoms with Crippen LogP contribution in [0, 0.1) is 0 Å². The molecule has 0 atom stereocenters. The zero-order valence-electron chi connectivity index (χ0n) is 19.9.